The van der Waals surface area contributed by atoms with Gasteiger partial charge in [-0.1, -0.05) is 249 Å². The summed E-state index contributed by atoms with van der Waals surface area (Å²) in [5.41, 5.74) is 25.7. The van der Waals surface area contributed by atoms with Crippen molar-refractivity contribution in [3.8, 4) is 45.3 Å². The van der Waals surface area contributed by atoms with Crippen LogP contribution in [0.15, 0.2) is 413 Å². The molecular formula is C106H68N10. The zero-order valence-corrected chi connectivity index (χ0v) is 62.7. The maximum absolute atomic E-state index is 5.40. The molecule has 0 unspecified atom stereocenters. The zero-order valence-electron chi connectivity index (χ0n) is 62.7. The number of rotatable bonds is 11. The van der Waals surface area contributed by atoms with Crippen molar-refractivity contribution in [1.82, 2.24) is 37.9 Å². The average Bonchev–Trinajstić information content (AvgIpc) is 1.55. The Labute approximate surface area is 666 Å². The van der Waals surface area contributed by atoms with Crippen molar-refractivity contribution in [2.24, 2.45) is 0 Å². The van der Waals surface area contributed by atoms with Crippen molar-refractivity contribution in [1.29, 1.82) is 0 Å². The summed E-state index contributed by atoms with van der Waals surface area (Å²) in [7, 11) is 0. The molecule has 0 aliphatic heterocycles. The van der Waals surface area contributed by atoms with Gasteiger partial charge in [0.05, 0.1) is 55.2 Å². The molecule has 6 heterocycles. The highest BCUT2D eigenvalue weighted by Gasteiger charge is 2.26. The molecule has 24 aromatic rings. The van der Waals surface area contributed by atoms with Gasteiger partial charge in [-0.05, 0) is 229 Å². The number of nitrogens with zero attached hydrogens (tertiary/aromatic N) is 10. The van der Waals surface area contributed by atoms with Gasteiger partial charge >= 0.3 is 0 Å². The zero-order chi connectivity index (χ0) is 76.3. The third kappa shape index (κ3) is 10.9. The standard InChI is InChI=1S/C54H35N5.C52H33N5/c1-3-14-41(15-4-1)57(42-16-5-2-6-17-42)43-31-27-37(28-32-43)36-23-25-38(26-24-36)40-30-33-49-46(35-40)52-44-18-8-7-13-39(44)29-34-51(52)58(49)54-56-47-20-10-9-19-45(47)53-55-48-21-11-12-22-50(48)59(53)54;1-3-14-39(15-4-1)55(40-16-5-2-6-17-40)41-28-25-36-31-35(23-24-37(36)32-41)38-27-29-47-44(33-38)50-42-18-8-7-13-34(42)26-30-49(50)56(47)52-54-45-20-10-9-19-43(45)51-53-46-21-11-12-22-48(46)57(51)52/h1-35H;1-33H. The van der Waals surface area contributed by atoms with Crippen molar-refractivity contribution in [2.75, 3.05) is 9.80 Å². The van der Waals surface area contributed by atoms with Crippen LogP contribution in [0.1, 0.15) is 0 Å². The maximum Gasteiger partial charge on any atom is 0.221 e. The van der Waals surface area contributed by atoms with E-state index in [1.54, 1.807) is 0 Å². The molecule has 0 amide bonds. The first-order valence-corrected chi connectivity index (χ1v) is 39.3. The van der Waals surface area contributed by atoms with Crippen molar-refractivity contribution >= 4 is 165 Å². The maximum atomic E-state index is 5.40. The van der Waals surface area contributed by atoms with Crippen molar-refractivity contribution in [3.05, 3.63) is 413 Å². The second kappa shape index (κ2) is 27.0. The number of para-hydroxylation sites is 10. The number of hydrogen-bond acceptors (Lipinski definition) is 6. The number of fused-ring (bicyclic) bond motifs is 21. The lowest BCUT2D eigenvalue weighted by Gasteiger charge is -2.25. The molecule has 116 heavy (non-hydrogen) atoms. The Morgan fingerprint density at radius 2 is 0.491 bits per heavy atom. The Hall–Kier alpha value is -15.8. The van der Waals surface area contributed by atoms with E-state index in [0.717, 1.165) is 129 Å². The lowest BCUT2D eigenvalue weighted by molar-refractivity contribution is 0.979. The summed E-state index contributed by atoms with van der Waals surface area (Å²) in [5.74, 6) is 1.64. The van der Waals surface area contributed by atoms with Gasteiger partial charge in [0.1, 0.15) is 11.3 Å². The van der Waals surface area contributed by atoms with Crippen LogP contribution in [-0.2, 0) is 0 Å². The molecule has 0 aliphatic carbocycles. The molecule has 0 saturated carbocycles. The average molecular weight is 1480 g/mol. The molecule has 10 heteroatoms. The molecule has 0 saturated heterocycles. The van der Waals surface area contributed by atoms with E-state index in [2.05, 4.69) is 428 Å². The van der Waals surface area contributed by atoms with E-state index in [1.807, 2.05) is 12.1 Å². The Kier molecular flexibility index (Phi) is 15.4. The lowest BCUT2D eigenvalue weighted by Crippen LogP contribution is -2.09. The molecule has 0 N–H and O–H groups in total. The van der Waals surface area contributed by atoms with Crippen LogP contribution >= 0.6 is 0 Å². The van der Waals surface area contributed by atoms with Gasteiger partial charge in [-0.25, -0.2) is 19.9 Å². The minimum absolute atomic E-state index is 0.821. The molecule has 0 spiro atoms. The van der Waals surface area contributed by atoms with Crippen molar-refractivity contribution in [2.45, 2.75) is 0 Å². The SMILES string of the molecule is c1ccc(N(c2ccccc2)c2ccc(-c3ccc(-c4ccc5c(c4)c4c6ccccc6ccc4n5-c4nc5ccccc5c5nc6ccccc6n45)cc3)cc2)cc1.c1ccc(N(c2ccccc2)c2ccc3cc(-c4ccc5c(c4)c4c6ccccc6ccc4n5-c4nc5ccccc5c5nc6ccccc6n45)ccc3c2)cc1. The van der Waals surface area contributed by atoms with Gasteiger partial charge in [-0.15, -0.1) is 0 Å². The third-order valence-electron chi connectivity index (χ3n) is 23.1. The summed E-state index contributed by atoms with van der Waals surface area (Å²) in [6.45, 7) is 0. The van der Waals surface area contributed by atoms with E-state index >= 15 is 0 Å². The van der Waals surface area contributed by atoms with Crippen LogP contribution in [0.2, 0.25) is 0 Å². The second-order valence-electron chi connectivity index (χ2n) is 29.8. The smallest absolute Gasteiger partial charge is 0.221 e. The highest BCUT2D eigenvalue weighted by atomic mass is 15.2. The number of anilines is 6. The molecule has 0 bridgehead atoms. The van der Waals surface area contributed by atoms with Crippen LogP contribution in [0.5, 0.6) is 0 Å². The molecule has 10 nitrogen and oxygen atoms in total. The Morgan fingerprint density at radius 3 is 0.966 bits per heavy atom. The van der Waals surface area contributed by atoms with Crippen molar-refractivity contribution < 1.29 is 0 Å². The van der Waals surface area contributed by atoms with Crippen LogP contribution in [0.3, 0.4) is 0 Å². The topological polar surface area (TPSA) is 76.7 Å². The summed E-state index contributed by atoms with van der Waals surface area (Å²) < 4.78 is 9.12. The lowest BCUT2D eigenvalue weighted by atomic mass is 9.98. The first-order valence-electron chi connectivity index (χ1n) is 39.3. The molecule has 0 atom stereocenters. The van der Waals surface area contributed by atoms with Gasteiger partial charge < -0.3 is 9.80 Å². The molecular weight excluding hydrogens is 1410 g/mol. The van der Waals surface area contributed by atoms with Gasteiger partial charge in [-0.2, -0.15) is 0 Å². The third-order valence-corrected chi connectivity index (χ3v) is 23.1. The van der Waals surface area contributed by atoms with E-state index in [9.17, 15) is 0 Å². The summed E-state index contributed by atoms with van der Waals surface area (Å²) in [6, 6.07) is 147. The highest BCUT2D eigenvalue weighted by molar-refractivity contribution is 6.23. The molecule has 24 rings (SSSR count). The first kappa shape index (κ1) is 66.0. The number of aromatic nitrogens is 8. The number of hydrogen-bond donors (Lipinski definition) is 0. The summed E-state index contributed by atoms with van der Waals surface area (Å²) in [4.78, 5) is 25.7. The van der Waals surface area contributed by atoms with Crippen molar-refractivity contribution in [3.63, 3.8) is 0 Å². The fraction of sp³-hybridized carbons (Fsp3) is 0. The van der Waals surface area contributed by atoms with Crippen LogP contribution in [-0.4, -0.2) is 37.9 Å². The number of benzene rings is 18. The van der Waals surface area contributed by atoms with E-state index in [4.69, 9.17) is 19.9 Å². The van der Waals surface area contributed by atoms with Gasteiger partial charge in [-0.3, -0.25) is 17.9 Å². The Balaban J connectivity index is 0.000000137. The molecule has 0 fully saturated rings. The molecule has 6 aromatic heterocycles. The largest absolute Gasteiger partial charge is 0.311 e. The highest BCUT2D eigenvalue weighted by Crippen LogP contribution is 2.45. The van der Waals surface area contributed by atoms with Gasteiger partial charge in [0.25, 0.3) is 0 Å². The number of imidazole rings is 2. The minimum Gasteiger partial charge on any atom is -0.311 e. The molecule has 542 valence electrons. The summed E-state index contributed by atoms with van der Waals surface area (Å²) >= 11 is 0. The Bertz CT molecular complexity index is 7930. The van der Waals surface area contributed by atoms with Gasteiger partial charge in [0.15, 0.2) is 0 Å². The predicted octanol–water partition coefficient (Wildman–Crippen LogP) is 27.7. The van der Waals surface area contributed by atoms with Crippen LogP contribution in [0, 0.1) is 0 Å². The predicted molar refractivity (Wildman–Crippen MR) is 483 cm³/mol. The molecule has 0 aliphatic rings. The second-order valence-corrected chi connectivity index (χ2v) is 29.8. The summed E-state index contributed by atoms with van der Waals surface area (Å²) in [6.07, 6.45) is 0. The fourth-order valence-corrected chi connectivity index (χ4v) is 17.7. The first-order chi connectivity index (χ1) is 57.5. The van der Waals surface area contributed by atoms with Crippen LogP contribution in [0.4, 0.5) is 34.1 Å². The van der Waals surface area contributed by atoms with Crippen LogP contribution < -0.4 is 9.80 Å². The fourth-order valence-electron chi connectivity index (χ4n) is 17.7. The molecule has 18 aromatic carbocycles. The van der Waals surface area contributed by atoms with Gasteiger partial charge in [0.2, 0.25) is 11.9 Å². The van der Waals surface area contributed by atoms with E-state index in [0.29, 0.717) is 0 Å². The van der Waals surface area contributed by atoms with E-state index in [1.165, 1.54) is 81.7 Å². The van der Waals surface area contributed by atoms with E-state index < -0.39 is 0 Å². The Morgan fingerprint density at radius 1 is 0.181 bits per heavy atom. The van der Waals surface area contributed by atoms with Gasteiger partial charge in [0, 0.05) is 66.4 Å². The summed E-state index contributed by atoms with van der Waals surface area (Å²) in [5, 5.41) is 14.1. The normalized spacial score (nSPS) is 11.8. The monoisotopic (exact) mass is 1480 g/mol. The van der Waals surface area contributed by atoms with Crippen LogP contribution in [0.25, 0.3) is 176 Å². The van der Waals surface area contributed by atoms with E-state index in [-0.39, 0.29) is 0 Å². The molecule has 0 radical (unpaired) electrons. The quantitative estimate of drug-likeness (QED) is 0.128. The minimum atomic E-state index is 0.821.